The molecule has 0 bridgehead atoms. The molecule has 80 valence electrons. The third kappa shape index (κ3) is 3.11. The Bertz CT molecular complexity index is 402. The van der Waals surface area contributed by atoms with Gasteiger partial charge in [0.25, 0.3) is 0 Å². The van der Waals surface area contributed by atoms with Gasteiger partial charge in [-0.25, -0.2) is 4.99 Å². The molecule has 0 atom stereocenters. The topological polar surface area (TPSA) is 50.4 Å². The Morgan fingerprint density at radius 1 is 1.53 bits per heavy atom. The molecular weight excluding hydrogens is 277 g/mol. The molecule has 2 rings (SSSR count). The molecule has 1 aliphatic rings. The monoisotopic (exact) mass is 287 g/mol. The highest BCUT2D eigenvalue weighted by Gasteiger charge is 2.20. The van der Waals surface area contributed by atoms with Crippen LogP contribution in [0.15, 0.2) is 27.7 Å². The third-order valence-corrected chi connectivity index (χ3v) is 2.95. The number of benzene rings is 1. The van der Waals surface area contributed by atoms with Gasteiger partial charge in [-0.15, -0.1) is 0 Å². The molecule has 0 unspecified atom stereocenters. The van der Waals surface area contributed by atoms with Gasteiger partial charge in [-0.3, -0.25) is 0 Å². The van der Waals surface area contributed by atoms with E-state index < -0.39 is 0 Å². The molecule has 0 saturated heterocycles. The van der Waals surface area contributed by atoms with Crippen LogP contribution in [-0.4, -0.2) is 12.0 Å². The van der Waals surface area contributed by atoms with Crippen LogP contribution in [0, 0.1) is 0 Å². The molecule has 15 heavy (non-hydrogen) atoms. The number of guanidine groups is 1. The maximum absolute atomic E-state index is 5.83. The van der Waals surface area contributed by atoms with Crippen LogP contribution in [0.1, 0.15) is 12.8 Å². The molecule has 0 radical (unpaired) electrons. The zero-order valence-electron chi connectivity index (χ0n) is 8.00. The number of nitrogens with two attached hydrogens (primary N) is 1. The molecule has 0 aliphatic heterocycles. The lowest BCUT2D eigenvalue weighted by molar-refractivity contribution is 1.06. The SMILES string of the molecule is NC(=NC1CC1)Nc1ccc(Cl)cc1Br. The van der Waals surface area contributed by atoms with Crippen LogP contribution in [0.5, 0.6) is 0 Å². The van der Waals surface area contributed by atoms with E-state index in [1.165, 1.54) is 0 Å². The molecule has 1 fully saturated rings. The van der Waals surface area contributed by atoms with Crippen LogP contribution in [-0.2, 0) is 0 Å². The fraction of sp³-hybridized carbons (Fsp3) is 0.300. The highest BCUT2D eigenvalue weighted by molar-refractivity contribution is 9.10. The van der Waals surface area contributed by atoms with E-state index in [9.17, 15) is 0 Å². The largest absolute Gasteiger partial charge is 0.370 e. The first-order valence-corrected chi connectivity index (χ1v) is 5.87. The summed E-state index contributed by atoms with van der Waals surface area (Å²) in [7, 11) is 0. The second-order valence-corrected chi connectivity index (χ2v) is 4.79. The van der Waals surface area contributed by atoms with Gasteiger partial charge in [0.1, 0.15) is 0 Å². The lowest BCUT2D eigenvalue weighted by Crippen LogP contribution is -2.23. The summed E-state index contributed by atoms with van der Waals surface area (Å²) in [5.74, 6) is 0.459. The summed E-state index contributed by atoms with van der Waals surface area (Å²) >= 11 is 9.23. The summed E-state index contributed by atoms with van der Waals surface area (Å²) in [5, 5.41) is 3.72. The van der Waals surface area contributed by atoms with Gasteiger partial charge < -0.3 is 11.1 Å². The van der Waals surface area contributed by atoms with Crippen molar-refractivity contribution in [2.45, 2.75) is 18.9 Å². The number of nitrogens with zero attached hydrogens (tertiary/aromatic N) is 1. The van der Waals surface area contributed by atoms with Crippen molar-refractivity contribution in [3.05, 3.63) is 27.7 Å². The van der Waals surface area contributed by atoms with E-state index in [-0.39, 0.29) is 0 Å². The summed E-state index contributed by atoms with van der Waals surface area (Å²) < 4.78 is 0.879. The van der Waals surface area contributed by atoms with E-state index in [1.807, 2.05) is 12.1 Å². The summed E-state index contributed by atoms with van der Waals surface area (Å²) in [6.07, 6.45) is 2.29. The number of nitrogens with one attached hydrogen (secondary N) is 1. The molecule has 3 N–H and O–H groups in total. The van der Waals surface area contributed by atoms with Crippen molar-refractivity contribution in [3.63, 3.8) is 0 Å². The van der Waals surface area contributed by atoms with Crippen molar-refractivity contribution in [3.8, 4) is 0 Å². The molecule has 1 aliphatic carbocycles. The molecule has 0 spiro atoms. The normalized spacial score (nSPS) is 16.5. The van der Waals surface area contributed by atoms with Gasteiger partial charge in [0.05, 0.1) is 11.7 Å². The molecule has 5 heteroatoms. The van der Waals surface area contributed by atoms with Crippen LogP contribution in [0.4, 0.5) is 5.69 Å². The Morgan fingerprint density at radius 2 is 2.27 bits per heavy atom. The number of rotatable bonds is 2. The fourth-order valence-electron chi connectivity index (χ4n) is 1.16. The van der Waals surface area contributed by atoms with Gasteiger partial charge in [0.15, 0.2) is 5.96 Å². The van der Waals surface area contributed by atoms with Crippen molar-refractivity contribution < 1.29 is 0 Å². The maximum Gasteiger partial charge on any atom is 0.193 e. The molecule has 1 aromatic carbocycles. The summed E-state index contributed by atoms with van der Waals surface area (Å²) in [6, 6.07) is 5.90. The van der Waals surface area contributed by atoms with Crippen LogP contribution in [0.3, 0.4) is 0 Å². The third-order valence-electron chi connectivity index (χ3n) is 2.06. The van der Waals surface area contributed by atoms with Crippen LogP contribution in [0.25, 0.3) is 0 Å². The first-order chi connectivity index (χ1) is 7.15. The van der Waals surface area contributed by atoms with Crippen LogP contribution in [0.2, 0.25) is 5.02 Å². The van der Waals surface area contributed by atoms with Crippen molar-refractivity contribution >= 4 is 39.2 Å². The predicted octanol–water partition coefficient (Wildman–Crippen LogP) is 2.99. The van der Waals surface area contributed by atoms with Crippen molar-refractivity contribution in [1.29, 1.82) is 0 Å². The quantitative estimate of drug-likeness (QED) is 0.649. The van der Waals surface area contributed by atoms with Gasteiger partial charge >= 0.3 is 0 Å². The number of halogens is 2. The Kier molecular flexibility index (Phi) is 3.17. The Hall–Kier alpha value is -0.740. The fourth-order valence-corrected chi connectivity index (χ4v) is 1.94. The van der Waals surface area contributed by atoms with Gasteiger partial charge in [0, 0.05) is 9.50 Å². The second kappa shape index (κ2) is 4.41. The standard InChI is InChI=1S/C10H11BrClN3/c11-8-5-6(12)1-4-9(8)15-10(13)14-7-2-3-7/h1,4-5,7H,2-3H2,(H3,13,14,15). The first-order valence-electron chi connectivity index (χ1n) is 4.70. The number of anilines is 1. The Labute approximate surface area is 102 Å². The van der Waals surface area contributed by atoms with Crippen molar-refractivity contribution in [2.75, 3.05) is 5.32 Å². The van der Waals surface area contributed by atoms with Gasteiger partial charge in [-0.1, -0.05) is 11.6 Å². The minimum atomic E-state index is 0.420. The lowest BCUT2D eigenvalue weighted by Gasteiger charge is -2.07. The second-order valence-electron chi connectivity index (χ2n) is 3.49. The van der Waals surface area contributed by atoms with Gasteiger partial charge in [0.2, 0.25) is 0 Å². The highest BCUT2D eigenvalue weighted by Crippen LogP contribution is 2.26. The number of hydrogen-bond donors (Lipinski definition) is 2. The molecular formula is C10H11BrClN3. The molecule has 0 heterocycles. The minimum absolute atomic E-state index is 0.420. The zero-order chi connectivity index (χ0) is 10.8. The van der Waals surface area contributed by atoms with Crippen LogP contribution < -0.4 is 11.1 Å². The van der Waals surface area contributed by atoms with Gasteiger partial charge in [-0.2, -0.15) is 0 Å². The van der Waals surface area contributed by atoms with E-state index in [4.69, 9.17) is 17.3 Å². The lowest BCUT2D eigenvalue weighted by atomic mass is 10.3. The van der Waals surface area contributed by atoms with Gasteiger partial charge in [-0.05, 0) is 47.0 Å². The van der Waals surface area contributed by atoms with E-state index in [1.54, 1.807) is 6.07 Å². The summed E-state index contributed by atoms with van der Waals surface area (Å²) in [4.78, 5) is 4.28. The van der Waals surface area contributed by atoms with E-state index in [0.717, 1.165) is 23.0 Å². The van der Waals surface area contributed by atoms with Crippen LogP contribution >= 0.6 is 27.5 Å². The Morgan fingerprint density at radius 3 is 2.87 bits per heavy atom. The van der Waals surface area contributed by atoms with Crippen molar-refractivity contribution in [1.82, 2.24) is 0 Å². The average molecular weight is 289 g/mol. The average Bonchev–Trinajstić information content (AvgIpc) is 2.94. The molecule has 3 nitrogen and oxygen atoms in total. The van der Waals surface area contributed by atoms with E-state index >= 15 is 0 Å². The minimum Gasteiger partial charge on any atom is -0.370 e. The predicted molar refractivity (Wildman–Crippen MR) is 67.4 cm³/mol. The molecule has 0 aromatic heterocycles. The number of hydrogen-bond acceptors (Lipinski definition) is 1. The summed E-state index contributed by atoms with van der Waals surface area (Å²) in [5.41, 5.74) is 6.61. The first kappa shape index (κ1) is 10.8. The Balaban J connectivity index is 2.09. The highest BCUT2D eigenvalue weighted by atomic mass is 79.9. The molecule has 1 saturated carbocycles. The van der Waals surface area contributed by atoms with Crippen molar-refractivity contribution in [2.24, 2.45) is 10.7 Å². The zero-order valence-corrected chi connectivity index (χ0v) is 10.3. The molecule has 0 amide bonds. The summed E-state index contributed by atoms with van der Waals surface area (Å²) in [6.45, 7) is 0. The maximum atomic E-state index is 5.83. The van der Waals surface area contributed by atoms with E-state index in [2.05, 4.69) is 26.2 Å². The van der Waals surface area contributed by atoms with E-state index in [0.29, 0.717) is 17.0 Å². The molecule has 1 aromatic rings. The smallest absolute Gasteiger partial charge is 0.193 e. The number of aliphatic imine (C=N–C) groups is 1.